The Labute approximate surface area is 151 Å². The van der Waals surface area contributed by atoms with Crippen LogP contribution in [0.15, 0.2) is 47.3 Å². The molecule has 4 nitrogen and oxygen atoms in total. The van der Waals surface area contributed by atoms with Crippen LogP contribution in [0.5, 0.6) is 0 Å². The molecule has 134 valence electrons. The van der Waals surface area contributed by atoms with Crippen molar-refractivity contribution in [1.29, 1.82) is 0 Å². The van der Waals surface area contributed by atoms with Crippen LogP contribution in [-0.2, 0) is 13.0 Å². The van der Waals surface area contributed by atoms with Gasteiger partial charge in [0.05, 0.1) is 10.9 Å². The highest BCUT2D eigenvalue weighted by molar-refractivity contribution is 5.83. The van der Waals surface area contributed by atoms with E-state index in [1.807, 2.05) is 28.8 Å². The van der Waals surface area contributed by atoms with Crippen LogP contribution in [-0.4, -0.2) is 34.6 Å². The molecular weight excluding hydrogens is 329 g/mol. The number of aryl methyl sites for hydroxylation is 1. The molecule has 0 fully saturated rings. The van der Waals surface area contributed by atoms with E-state index in [1.165, 1.54) is 12.1 Å². The second-order valence-electron chi connectivity index (χ2n) is 7.17. The molecule has 2 aromatic carbocycles. The first-order valence-electron chi connectivity index (χ1n) is 8.99. The fraction of sp³-hybridized carbons (Fsp3) is 0.333. The lowest BCUT2D eigenvalue weighted by atomic mass is 10.0. The van der Waals surface area contributed by atoms with Gasteiger partial charge in [-0.25, -0.2) is 9.37 Å². The molecule has 0 saturated heterocycles. The summed E-state index contributed by atoms with van der Waals surface area (Å²) in [6.45, 7) is 0.700. The van der Waals surface area contributed by atoms with Crippen LogP contribution in [0.25, 0.3) is 22.0 Å². The molecule has 1 atom stereocenters. The third-order valence-corrected chi connectivity index (χ3v) is 5.31. The monoisotopic (exact) mass is 351 g/mol. The average Bonchev–Trinajstić information content (AvgIpc) is 2.84. The number of rotatable bonds is 2. The summed E-state index contributed by atoms with van der Waals surface area (Å²) in [5.74, 6) is 0.579. The van der Waals surface area contributed by atoms with Crippen LogP contribution >= 0.6 is 0 Å². The summed E-state index contributed by atoms with van der Waals surface area (Å²) in [6.07, 6.45) is 2.74. The van der Waals surface area contributed by atoms with E-state index >= 15 is 0 Å². The Bertz CT molecular complexity index is 1030. The zero-order chi connectivity index (χ0) is 18.3. The lowest BCUT2D eigenvalue weighted by molar-refractivity contribution is 0.264. The minimum absolute atomic E-state index is 0.0233. The maximum absolute atomic E-state index is 13.5. The first-order valence-corrected chi connectivity index (χ1v) is 8.99. The molecule has 5 heteroatoms. The van der Waals surface area contributed by atoms with Crippen molar-refractivity contribution >= 4 is 10.9 Å². The van der Waals surface area contributed by atoms with Crippen LogP contribution < -0.4 is 5.56 Å². The van der Waals surface area contributed by atoms with Crippen LogP contribution in [0.1, 0.15) is 18.7 Å². The highest BCUT2D eigenvalue weighted by Gasteiger charge is 2.20. The van der Waals surface area contributed by atoms with Crippen molar-refractivity contribution in [3.8, 4) is 11.1 Å². The third-order valence-electron chi connectivity index (χ3n) is 5.31. The second kappa shape index (κ2) is 6.65. The fourth-order valence-electron chi connectivity index (χ4n) is 3.77. The van der Waals surface area contributed by atoms with Crippen molar-refractivity contribution < 1.29 is 4.39 Å². The predicted molar refractivity (Wildman–Crippen MR) is 102 cm³/mol. The number of hydrogen-bond donors (Lipinski definition) is 0. The standard InChI is InChI=1S/C21H22FN3O/c1-24(2)17-7-9-20-23-19-13-15(14-4-3-5-16(22)12-14)6-8-18(19)21(26)25(20)11-10-17/h3-6,8,12-13,17H,7,9-11H2,1-2H3. The van der Waals surface area contributed by atoms with E-state index in [-0.39, 0.29) is 11.4 Å². The SMILES string of the molecule is CN(C)C1CCc2nc3cc(-c4cccc(F)c4)ccc3c(=O)n2CC1. The molecule has 1 aromatic heterocycles. The Balaban J connectivity index is 1.80. The van der Waals surface area contributed by atoms with E-state index in [2.05, 4.69) is 19.0 Å². The molecule has 4 rings (SSSR count). The lowest BCUT2D eigenvalue weighted by Crippen LogP contribution is -2.29. The maximum Gasteiger partial charge on any atom is 0.261 e. The van der Waals surface area contributed by atoms with E-state index in [4.69, 9.17) is 4.98 Å². The molecule has 0 aliphatic carbocycles. The Kier molecular flexibility index (Phi) is 4.32. The summed E-state index contributed by atoms with van der Waals surface area (Å²) in [6, 6.07) is 12.5. The van der Waals surface area contributed by atoms with Crippen molar-refractivity contribution in [3.63, 3.8) is 0 Å². The molecule has 0 amide bonds. The number of nitrogens with zero attached hydrogens (tertiary/aromatic N) is 3. The Morgan fingerprint density at radius 3 is 2.69 bits per heavy atom. The van der Waals surface area contributed by atoms with Gasteiger partial charge in [-0.15, -0.1) is 0 Å². The molecule has 0 N–H and O–H groups in total. The molecule has 3 aromatic rings. The third kappa shape index (κ3) is 3.03. The van der Waals surface area contributed by atoms with E-state index in [9.17, 15) is 9.18 Å². The smallest absolute Gasteiger partial charge is 0.261 e. The summed E-state index contributed by atoms with van der Waals surface area (Å²) < 4.78 is 15.4. The molecule has 1 unspecified atom stereocenters. The molecule has 0 radical (unpaired) electrons. The predicted octanol–water partition coefficient (Wildman–Crippen LogP) is 3.47. The lowest BCUT2D eigenvalue weighted by Gasteiger charge is -2.21. The summed E-state index contributed by atoms with van der Waals surface area (Å²) in [5, 5.41) is 0.622. The van der Waals surface area contributed by atoms with Crippen molar-refractivity contribution in [3.05, 3.63) is 64.5 Å². The first-order chi connectivity index (χ1) is 12.5. The Morgan fingerprint density at radius 1 is 1.12 bits per heavy atom. The van der Waals surface area contributed by atoms with Crippen molar-refractivity contribution in [1.82, 2.24) is 14.5 Å². The van der Waals surface area contributed by atoms with Crippen molar-refractivity contribution in [2.45, 2.75) is 31.8 Å². The molecule has 0 bridgehead atoms. The fourth-order valence-corrected chi connectivity index (χ4v) is 3.77. The van der Waals surface area contributed by atoms with Gasteiger partial charge in [-0.3, -0.25) is 9.36 Å². The van der Waals surface area contributed by atoms with Gasteiger partial charge < -0.3 is 4.90 Å². The molecule has 2 heterocycles. The van der Waals surface area contributed by atoms with E-state index in [0.29, 0.717) is 23.5 Å². The molecule has 0 saturated carbocycles. The van der Waals surface area contributed by atoms with Gasteiger partial charge in [-0.1, -0.05) is 18.2 Å². The minimum Gasteiger partial charge on any atom is -0.306 e. The van der Waals surface area contributed by atoms with Gasteiger partial charge in [0, 0.05) is 19.0 Å². The van der Waals surface area contributed by atoms with Crippen molar-refractivity contribution in [2.24, 2.45) is 0 Å². The number of halogens is 1. The van der Waals surface area contributed by atoms with Crippen LogP contribution in [0, 0.1) is 5.82 Å². The molecular formula is C21H22FN3O. The van der Waals surface area contributed by atoms with Gasteiger partial charge in [0.1, 0.15) is 11.6 Å². The summed E-state index contributed by atoms with van der Waals surface area (Å²) >= 11 is 0. The zero-order valence-corrected chi connectivity index (χ0v) is 15.1. The Morgan fingerprint density at radius 2 is 1.92 bits per heavy atom. The largest absolute Gasteiger partial charge is 0.306 e. The van der Waals surface area contributed by atoms with E-state index in [0.717, 1.165) is 36.2 Å². The quantitative estimate of drug-likeness (QED) is 0.710. The van der Waals surface area contributed by atoms with Gasteiger partial charge in [0.2, 0.25) is 0 Å². The van der Waals surface area contributed by atoms with Gasteiger partial charge >= 0.3 is 0 Å². The molecule has 0 spiro atoms. The van der Waals surface area contributed by atoms with Crippen LogP contribution in [0.2, 0.25) is 0 Å². The number of hydrogen-bond acceptors (Lipinski definition) is 3. The highest BCUT2D eigenvalue weighted by Crippen LogP contribution is 2.24. The van der Waals surface area contributed by atoms with Gasteiger partial charge in [-0.05, 0) is 62.3 Å². The number of benzene rings is 2. The topological polar surface area (TPSA) is 38.1 Å². The summed E-state index contributed by atoms with van der Waals surface area (Å²) in [7, 11) is 4.16. The van der Waals surface area contributed by atoms with Gasteiger partial charge in [0.15, 0.2) is 0 Å². The molecule has 1 aliphatic heterocycles. The molecule has 1 aliphatic rings. The first kappa shape index (κ1) is 16.9. The van der Waals surface area contributed by atoms with Crippen LogP contribution in [0.4, 0.5) is 4.39 Å². The second-order valence-corrected chi connectivity index (χ2v) is 7.17. The summed E-state index contributed by atoms with van der Waals surface area (Å²) in [4.78, 5) is 20.0. The van der Waals surface area contributed by atoms with Gasteiger partial charge in [0.25, 0.3) is 5.56 Å². The number of aromatic nitrogens is 2. The number of fused-ring (bicyclic) bond motifs is 2. The highest BCUT2D eigenvalue weighted by atomic mass is 19.1. The average molecular weight is 351 g/mol. The summed E-state index contributed by atoms with van der Waals surface area (Å²) in [5.41, 5.74) is 2.37. The normalized spacial score (nSPS) is 17.3. The molecule has 26 heavy (non-hydrogen) atoms. The Hall–Kier alpha value is -2.53. The van der Waals surface area contributed by atoms with E-state index < -0.39 is 0 Å². The van der Waals surface area contributed by atoms with E-state index in [1.54, 1.807) is 6.07 Å². The maximum atomic E-state index is 13.5. The zero-order valence-electron chi connectivity index (χ0n) is 15.1. The van der Waals surface area contributed by atoms with Gasteiger partial charge in [-0.2, -0.15) is 0 Å². The minimum atomic E-state index is -0.271. The van der Waals surface area contributed by atoms with Crippen molar-refractivity contribution in [2.75, 3.05) is 14.1 Å². The van der Waals surface area contributed by atoms with Crippen LogP contribution in [0.3, 0.4) is 0 Å².